The normalized spacial score (nSPS) is 14.2. The topological polar surface area (TPSA) is 20.2 Å². The van der Waals surface area contributed by atoms with Crippen LogP contribution in [0, 0.1) is 12.7 Å². The summed E-state index contributed by atoms with van der Waals surface area (Å²) in [6.07, 6.45) is -0.753. The molecule has 1 N–H and O–H groups in total. The molecule has 2 rings (SSSR count). The number of hydrogen-bond donors (Lipinski definition) is 2. The van der Waals surface area contributed by atoms with Crippen molar-refractivity contribution in [2.75, 3.05) is 0 Å². The zero-order valence-corrected chi connectivity index (χ0v) is 10.9. The van der Waals surface area contributed by atoms with E-state index in [9.17, 15) is 9.50 Å². The standard InChI is InChI=1S/C15H15FOS/c1-10-2-4-12(5-3-10)15(18)14(17)11-6-8-13(16)9-7-11/h2-9,14-15,17-18H,1H3. The molecule has 0 aromatic heterocycles. The Morgan fingerprint density at radius 2 is 1.44 bits per heavy atom. The third-order valence-corrected chi connectivity index (χ3v) is 3.51. The van der Waals surface area contributed by atoms with Gasteiger partial charge in [-0.3, -0.25) is 0 Å². The molecule has 0 aliphatic heterocycles. The summed E-state index contributed by atoms with van der Waals surface area (Å²) in [4.78, 5) is 0. The highest BCUT2D eigenvalue weighted by molar-refractivity contribution is 7.80. The van der Waals surface area contributed by atoms with Crippen LogP contribution in [0.1, 0.15) is 28.0 Å². The van der Waals surface area contributed by atoms with Gasteiger partial charge in [-0.15, -0.1) is 0 Å². The summed E-state index contributed by atoms with van der Waals surface area (Å²) >= 11 is 4.44. The van der Waals surface area contributed by atoms with E-state index in [0.717, 1.165) is 11.1 Å². The first-order valence-electron chi connectivity index (χ1n) is 5.76. The molecule has 0 spiro atoms. The van der Waals surface area contributed by atoms with E-state index < -0.39 is 6.10 Å². The second-order valence-electron chi connectivity index (χ2n) is 4.35. The van der Waals surface area contributed by atoms with Gasteiger partial charge in [-0.1, -0.05) is 42.0 Å². The van der Waals surface area contributed by atoms with Crippen molar-refractivity contribution in [3.8, 4) is 0 Å². The maximum Gasteiger partial charge on any atom is 0.123 e. The van der Waals surface area contributed by atoms with Crippen LogP contribution in [0.4, 0.5) is 4.39 Å². The summed E-state index contributed by atoms with van der Waals surface area (Å²) < 4.78 is 12.8. The van der Waals surface area contributed by atoms with Gasteiger partial charge in [-0.2, -0.15) is 12.6 Å². The van der Waals surface area contributed by atoms with Crippen LogP contribution in [0.2, 0.25) is 0 Å². The quantitative estimate of drug-likeness (QED) is 0.805. The summed E-state index contributed by atoms with van der Waals surface area (Å²) in [5.74, 6) is -0.308. The molecular weight excluding hydrogens is 247 g/mol. The van der Waals surface area contributed by atoms with Gasteiger partial charge < -0.3 is 5.11 Å². The van der Waals surface area contributed by atoms with Crippen molar-refractivity contribution in [2.24, 2.45) is 0 Å². The molecule has 3 heteroatoms. The predicted molar refractivity (Wildman–Crippen MR) is 74.3 cm³/mol. The Kier molecular flexibility index (Phi) is 4.04. The van der Waals surface area contributed by atoms with Crippen molar-refractivity contribution in [1.29, 1.82) is 0 Å². The lowest BCUT2D eigenvalue weighted by Crippen LogP contribution is -2.05. The third-order valence-electron chi connectivity index (χ3n) is 2.93. The van der Waals surface area contributed by atoms with Crippen molar-refractivity contribution >= 4 is 12.6 Å². The summed E-state index contributed by atoms with van der Waals surface area (Å²) in [6.45, 7) is 2.01. The molecule has 2 aromatic rings. The van der Waals surface area contributed by atoms with Crippen molar-refractivity contribution in [3.05, 3.63) is 71.0 Å². The zero-order valence-electron chi connectivity index (χ0n) is 10.0. The van der Waals surface area contributed by atoms with Crippen LogP contribution in [0.15, 0.2) is 48.5 Å². The molecule has 0 saturated heterocycles. The molecule has 94 valence electrons. The van der Waals surface area contributed by atoms with Crippen LogP contribution >= 0.6 is 12.6 Å². The highest BCUT2D eigenvalue weighted by Gasteiger charge is 2.18. The SMILES string of the molecule is Cc1ccc(C(S)C(O)c2ccc(F)cc2)cc1. The molecule has 0 bridgehead atoms. The van der Waals surface area contributed by atoms with Crippen molar-refractivity contribution in [3.63, 3.8) is 0 Å². The van der Waals surface area contributed by atoms with E-state index in [0.29, 0.717) is 5.56 Å². The van der Waals surface area contributed by atoms with Gasteiger partial charge in [0.25, 0.3) is 0 Å². The Morgan fingerprint density at radius 3 is 2.00 bits per heavy atom. The highest BCUT2D eigenvalue weighted by Crippen LogP contribution is 2.33. The Balaban J connectivity index is 2.20. The van der Waals surface area contributed by atoms with Gasteiger partial charge in [0.1, 0.15) is 5.82 Å². The van der Waals surface area contributed by atoms with Crippen LogP contribution < -0.4 is 0 Å². The number of halogens is 1. The molecule has 0 saturated carbocycles. The molecule has 0 heterocycles. The van der Waals surface area contributed by atoms with Gasteiger partial charge in [0, 0.05) is 0 Å². The summed E-state index contributed by atoms with van der Waals surface area (Å²) in [5, 5.41) is 9.88. The lowest BCUT2D eigenvalue weighted by atomic mass is 10.00. The molecule has 0 radical (unpaired) electrons. The Hall–Kier alpha value is -1.32. The van der Waals surface area contributed by atoms with Crippen molar-refractivity contribution < 1.29 is 9.50 Å². The molecule has 1 nitrogen and oxygen atoms in total. The minimum Gasteiger partial charge on any atom is -0.387 e. The lowest BCUT2D eigenvalue weighted by Gasteiger charge is -2.19. The number of aliphatic hydroxyl groups is 1. The molecular formula is C15H15FOS. The van der Waals surface area contributed by atoms with E-state index in [-0.39, 0.29) is 11.1 Å². The fourth-order valence-electron chi connectivity index (χ4n) is 1.79. The summed E-state index contributed by atoms with van der Waals surface area (Å²) in [6, 6.07) is 13.7. The van der Waals surface area contributed by atoms with Crippen LogP contribution in [-0.4, -0.2) is 5.11 Å². The number of rotatable bonds is 3. The Bertz CT molecular complexity index is 458. The maximum atomic E-state index is 12.8. The molecule has 0 aliphatic rings. The molecule has 0 amide bonds. The molecule has 0 fully saturated rings. The minimum absolute atomic E-state index is 0.308. The average Bonchev–Trinajstić information content (AvgIpc) is 2.39. The minimum atomic E-state index is -0.753. The van der Waals surface area contributed by atoms with Crippen molar-refractivity contribution in [2.45, 2.75) is 18.3 Å². The Labute approximate surface area is 112 Å². The largest absolute Gasteiger partial charge is 0.387 e. The molecule has 2 atom stereocenters. The first kappa shape index (κ1) is 13.1. The fraction of sp³-hybridized carbons (Fsp3) is 0.200. The predicted octanol–water partition coefficient (Wildman–Crippen LogP) is 3.84. The van der Waals surface area contributed by atoms with Gasteiger partial charge in [-0.05, 0) is 30.2 Å². The van der Waals surface area contributed by atoms with Crippen LogP contribution in [0.25, 0.3) is 0 Å². The number of benzene rings is 2. The maximum absolute atomic E-state index is 12.8. The first-order valence-corrected chi connectivity index (χ1v) is 6.28. The average molecular weight is 262 g/mol. The van der Waals surface area contributed by atoms with Gasteiger partial charge in [-0.25, -0.2) is 4.39 Å². The molecule has 2 aromatic carbocycles. The van der Waals surface area contributed by atoms with Gasteiger partial charge in [0.05, 0.1) is 11.4 Å². The number of hydrogen-bond acceptors (Lipinski definition) is 2. The Morgan fingerprint density at radius 1 is 0.944 bits per heavy atom. The smallest absolute Gasteiger partial charge is 0.123 e. The number of aliphatic hydroxyl groups excluding tert-OH is 1. The van der Waals surface area contributed by atoms with Crippen LogP contribution in [0.5, 0.6) is 0 Å². The third kappa shape index (κ3) is 2.92. The van der Waals surface area contributed by atoms with E-state index in [1.54, 1.807) is 12.1 Å². The van der Waals surface area contributed by atoms with E-state index in [1.807, 2.05) is 31.2 Å². The summed E-state index contributed by atoms with van der Waals surface area (Å²) in [7, 11) is 0. The summed E-state index contributed by atoms with van der Waals surface area (Å²) in [5.41, 5.74) is 2.77. The second kappa shape index (κ2) is 5.55. The highest BCUT2D eigenvalue weighted by atomic mass is 32.1. The van der Waals surface area contributed by atoms with Crippen LogP contribution in [0.3, 0.4) is 0 Å². The number of thiol groups is 1. The molecule has 0 aliphatic carbocycles. The monoisotopic (exact) mass is 262 g/mol. The first-order chi connectivity index (χ1) is 8.58. The van der Waals surface area contributed by atoms with Crippen LogP contribution in [-0.2, 0) is 0 Å². The van der Waals surface area contributed by atoms with E-state index in [1.165, 1.54) is 12.1 Å². The van der Waals surface area contributed by atoms with Crippen molar-refractivity contribution in [1.82, 2.24) is 0 Å². The second-order valence-corrected chi connectivity index (χ2v) is 4.91. The van der Waals surface area contributed by atoms with E-state index in [4.69, 9.17) is 0 Å². The van der Waals surface area contributed by atoms with Gasteiger partial charge in [0.15, 0.2) is 0 Å². The van der Waals surface area contributed by atoms with E-state index in [2.05, 4.69) is 12.6 Å². The van der Waals surface area contributed by atoms with E-state index >= 15 is 0 Å². The molecule has 2 unspecified atom stereocenters. The number of aryl methyl sites for hydroxylation is 1. The lowest BCUT2D eigenvalue weighted by molar-refractivity contribution is 0.175. The van der Waals surface area contributed by atoms with Gasteiger partial charge >= 0.3 is 0 Å². The van der Waals surface area contributed by atoms with Gasteiger partial charge in [0.2, 0.25) is 0 Å². The fourth-order valence-corrected chi connectivity index (χ4v) is 2.13. The zero-order chi connectivity index (χ0) is 13.1. The molecule has 18 heavy (non-hydrogen) atoms.